The number of hydrogen-bond acceptors (Lipinski definition) is 6. The minimum Gasteiger partial charge on any atom is -0.494 e. The molecular formula is C18H17ClFN3O3S2. The molecule has 0 atom stereocenters. The van der Waals surface area contributed by atoms with Crippen molar-refractivity contribution in [3.05, 3.63) is 47.2 Å². The molecule has 0 unspecified atom stereocenters. The number of rotatable bonds is 4. The van der Waals surface area contributed by atoms with Crippen LogP contribution in [0.1, 0.15) is 0 Å². The first-order valence-corrected chi connectivity index (χ1v) is 11.2. The van der Waals surface area contributed by atoms with E-state index in [9.17, 15) is 12.8 Å². The summed E-state index contributed by atoms with van der Waals surface area (Å²) < 4.78 is 46.2. The molecule has 10 heteroatoms. The van der Waals surface area contributed by atoms with Crippen LogP contribution in [0, 0.1) is 5.82 Å². The first-order valence-electron chi connectivity index (χ1n) is 8.54. The van der Waals surface area contributed by atoms with Crippen molar-refractivity contribution < 1.29 is 17.5 Å². The predicted molar refractivity (Wildman–Crippen MR) is 109 cm³/mol. The number of aromatic nitrogens is 1. The number of methoxy groups -OCH3 is 1. The van der Waals surface area contributed by atoms with Crippen LogP contribution in [0.2, 0.25) is 5.02 Å². The summed E-state index contributed by atoms with van der Waals surface area (Å²) in [6, 6.07) is 8.44. The second-order valence-corrected chi connectivity index (χ2v) is 9.59. The zero-order chi connectivity index (χ0) is 19.9. The summed E-state index contributed by atoms with van der Waals surface area (Å²) >= 11 is 7.74. The number of halogens is 2. The van der Waals surface area contributed by atoms with Crippen LogP contribution in [0.5, 0.6) is 5.75 Å². The first kappa shape index (κ1) is 19.4. The Labute approximate surface area is 171 Å². The van der Waals surface area contributed by atoms with Gasteiger partial charge in [0.05, 0.1) is 21.7 Å². The maximum Gasteiger partial charge on any atom is 0.243 e. The van der Waals surface area contributed by atoms with Crippen LogP contribution in [0.3, 0.4) is 0 Å². The second-order valence-electron chi connectivity index (χ2n) is 6.27. The lowest BCUT2D eigenvalue weighted by molar-refractivity contribution is 0.384. The van der Waals surface area contributed by atoms with Crippen molar-refractivity contribution in [2.75, 3.05) is 38.2 Å². The fourth-order valence-electron chi connectivity index (χ4n) is 3.12. The number of nitrogens with zero attached hydrogens (tertiary/aromatic N) is 3. The minimum atomic E-state index is -3.64. The third-order valence-corrected chi connectivity index (χ3v) is 8.12. The zero-order valence-corrected chi connectivity index (χ0v) is 17.3. The van der Waals surface area contributed by atoms with Gasteiger partial charge in [0, 0.05) is 26.2 Å². The molecule has 2 aromatic carbocycles. The lowest BCUT2D eigenvalue weighted by Gasteiger charge is -2.33. The van der Waals surface area contributed by atoms with Crippen molar-refractivity contribution in [3.63, 3.8) is 0 Å². The largest absolute Gasteiger partial charge is 0.494 e. The van der Waals surface area contributed by atoms with Crippen LogP contribution in [0.15, 0.2) is 41.3 Å². The molecule has 3 aromatic rings. The second kappa shape index (κ2) is 7.47. The summed E-state index contributed by atoms with van der Waals surface area (Å²) in [5.41, 5.74) is 0.705. The fourth-order valence-corrected chi connectivity index (χ4v) is 5.85. The molecule has 0 bridgehead atoms. The van der Waals surface area contributed by atoms with Crippen LogP contribution in [0.4, 0.5) is 9.52 Å². The number of fused-ring (bicyclic) bond motifs is 1. The highest BCUT2D eigenvalue weighted by molar-refractivity contribution is 7.89. The molecule has 0 amide bonds. The Hall–Kier alpha value is -1.94. The summed E-state index contributed by atoms with van der Waals surface area (Å²) in [7, 11) is -2.06. The Balaban J connectivity index is 1.54. The van der Waals surface area contributed by atoms with Gasteiger partial charge >= 0.3 is 0 Å². The van der Waals surface area contributed by atoms with Gasteiger partial charge in [-0.15, -0.1) is 0 Å². The molecule has 0 spiro atoms. The van der Waals surface area contributed by atoms with E-state index < -0.39 is 15.8 Å². The topological polar surface area (TPSA) is 62.7 Å². The van der Waals surface area contributed by atoms with Crippen molar-refractivity contribution in [1.29, 1.82) is 0 Å². The number of ether oxygens (including phenoxy) is 1. The number of benzene rings is 2. The highest BCUT2D eigenvalue weighted by Crippen LogP contribution is 2.39. The Morgan fingerprint density at radius 2 is 1.79 bits per heavy atom. The standard InChI is InChI=1S/C18H17ClFN3O3S2/c1-26-15-7-6-14(19)17-16(15)21-18(27-17)22-8-10-23(11-9-22)28(24,25)13-4-2-12(20)3-5-13/h2-7H,8-11H2,1H3. The monoisotopic (exact) mass is 441 g/mol. The van der Waals surface area contributed by atoms with Gasteiger partial charge in [0.2, 0.25) is 10.0 Å². The molecule has 148 valence electrons. The van der Waals surface area contributed by atoms with Gasteiger partial charge in [-0.3, -0.25) is 0 Å². The van der Waals surface area contributed by atoms with E-state index in [1.54, 1.807) is 19.2 Å². The average Bonchev–Trinajstić information content (AvgIpc) is 3.15. The van der Waals surface area contributed by atoms with E-state index in [0.717, 1.165) is 22.0 Å². The van der Waals surface area contributed by atoms with E-state index in [0.29, 0.717) is 42.5 Å². The molecule has 0 aliphatic carbocycles. The highest BCUT2D eigenvalue weighted by Gasteiger charge is 2.29. The summed E-state index contributed by atoms with van der Waals surface area (Å²) in [4.78, 5) is 6.78. The molecule has 6 nitrogen and oxygen atoms in total. The Morgan fingerprint density at radius 3 is 2.43 bits per heavy atom. The van der Waals surface area contributed by atoms with Gasteiger partial charge in [-0.1, -0.05) is 22.9 Å². The molecule has 28 heavy (non-hydrogen) atoms. The van der Waals surface area contributed by atoms with Crippen LogP contribution < -0.4 is 9.64 Å². The molecule has 0 N–H and O–H groups in total. The minimum absolute atomic E-state index is 0.0962. The Bertz CT molecular complexity index is 1110. The van der Waals surface area contributed by atoms with Crippen LogP contribution in [0.25, 0.3) is 10.2 Å². The number of hydrogen-bond donors (Lipinski definition) is 0. The maximum absolute atomic E-state index is 13.1. The zero-order valence-electron chi connectivity index (χ0n) is 14.9. The van der Waals surface area contributed by atoms with Crippen molar-refractivity contribution in [1.82, 2.24) is 9.29 Å². The lowest BCUT2D eigenvalue weighted by Crippen LogP contribution is -2.48. The summed E-state index contributed by atoms with van der Waals surface area (Å²) in [5, 5.41) is 1.39. The number of thiazole rings is 1. The van der Waals surface area contributed by atoms with Gasteiger partial charge in [0.15, 0.2) is 5.13 Å². The van der Waals surface area contributed by atoms with Crippen LogP contribution in [-0.4, -0.2) is 51.0 Å². The van der Waals surface area contributed by atoms with Gasteiger partial charge in [-0.25, -0.2) is 17.8 Å². The fraction of sp³-hybridized carbons (Fsp3) is 0.278. The third-order valence-electron chi connectivity index (χ3n) is 4.63. The van der Waals surface area contributed by atoms with Crippen molar-refractivity contribution in [3.8, 4) is 5.75 Å². The molecule has 2 heterocycles. The van der Waals surface area contributed by atoms with Crippen molar-refractivity contribution in [2.45, 2.75) is 4.90 Å². The Kier molecular flexibility index (Phi) is 5.17. The Morgan fingerprint density at radius 1 is 1.11 bits per heavy atom. The summed E-state index contributed by atoms with van der Waals surface area (Å²) in [5.74, 6) is 0.188. The van der Waals surface area contributed by atoms with E-state index >= 15 is 0 Å². The van der Waals surface area contributed by atoms with Gasteiger partial charge in [0.1, 0.15) is 17.1 Å². The number of piperazine rings is 1. The lowest BCUT2D eigenvalue weighted by atomic mass is 10.3. The van der Waals surface area contributed by atoms with Gasteiger partial charge in [-0.05, 0) is 36.4 Å². The first-order chi connectivity index (χ1) is 13.4. The third kappa shape index (κ3) is 3.43. The molecule has 1 saturated heterocycles. The summed E-state index contributed by atoms with van der Waals surface area (Å²) in [6.45, 7) is 1.64. The molecular weight excluding hydrogens is 425 g/mol. The van der Waals surface area contributed by atoms with E-state index in [2.05, 4.69) is 4.98 Å². The van der Waals surface area contributed by atoms with Gasteiger partial charge in [-0.2, -0.15) is 4.31 Å². The van der Waals surface area contributed by atoms with Crippen molar-refractivity contribution >= 4 is 48.3 Å². The molecule has 0 radical (unpaired) electrons. The van der Waals surface area contributed by atoms with E-state index in [-0.39, 0.29) is 4.90 Å². The molecule has 1 aliphatic heterocycles. The van der Waals surface area contributed by atoms with E-state index in [1.807, 2.05) is 4.90 Å². The van der Waals surface area contributed by atoms with Crippen molar-refractivity contribution in [2.24, 2.45) is 0 Å². The molecule has 4 rings (SSSR count). The summed E-state index contributed by atoms with van der Waals surface area (Å²) in [6.07, 6.45) is 0. The number of sulfonamides is 1. The van der Waals surface area contributed by atoms with E-state index in [4.69, 9.17) is 16.3 Å². The SMILES string of the molecule is COc1ccc(Cl)c2sc(N3CCN(S(=O)(=O)c4ccc(F)cc4)CC3)nc12. The highest BCUT2D eigenvalue weighted by atomic mass is 35.5. The number of anilines is 1. The van der Waals surface area contributed by atoms with E-state index in [1.165, 1.54) is 27.8 Å². The smallest absolute Gasteiger partial charge is 0.243 e. The normalized spacial score (nSPS) is 15.9. The molecule has 1 fully saturated rings. The molecule has 1 aromatic heterocycles. The average molecular weight is 442 g/mol. The van der Waals surface area contributed by atoms with Crippen LogP contribution >= 0.6 is 22.9 Å². The predicted octanol–water partition coefficient (Wildman–Crippen LogP) is 3.61. The molecule has 1 aliphatic rings. The maximum atomic E-state index is 13.1. The van der Waals surface area contributed by atoms with Gasteiger partial charge in [0.25, 0.3) is 0 Å². The molecule has 0 saturated carbocycles. The van der Waals surface area contributed by atoms with Crippen LogP contribution in [-0.2, 0) is 10.0 Å². The quantitative estimate of drug-likeness (QED) is 0.619. The van der Waals surface area contributed by atoms with Gasteiger partial charge < -0.3 is 9.64 Å².